The molecular formula is C14H18ClFN2O3S. The zero-order valence-electron chi connectivity index (χ0n) is 12.0. The molecule has 0 spiro atoms. The van der Waals surface area contributed by atoms with E-state index < -0.39 is 20.7 Å². The summed E-state index contributed by atoms with van der Waals surface area (Å²) >= 11 is 5.63. The van der Waals surface area contributed by atoms with E-state index >= 15 is 0 Å². The van der Waals surface area contributed by atoms with Crippen LogP contribution in [0.1, 0.15) is 12.8 Å². The molecule has 0 aliphatic carbocycles. The summed E-state index contributed by atoms with van der Waals surface area (Å²) in [6.45, 7) is 2.47. The van der Waals surface area contributed by atoms with Crippen molar-refractivity contribution < 1.29 is 17.5 Å². The number of rotatable bonds is 4. The largest absolute Gasteiger partial charge is 0.374 e. The lowest BCUT2D eigenvalue weighted by atomic mass is 10.2. The van der Waals surface area contributed by atoms with Crippen molar-refractivity contribution in [3.63, 3.8) is 0 Å². The fourth-order valence-electron chi connectivity index (χ4n) is 2.98. The molecule has 22 heavy (non-hydrogen) atoms. The minimum atomic E-state index is -3.94. The standard InChI is InChI=1S/C14H18ClFN2O3S/c15-12-4-1-5-13(14(12)16)22(19,20)17-7-11-8-18-6-2-3-10(18)9-21-11/h1,4-5,10-11,17H,2-3,6-9H2/t10-,11-/m0/s1. The zero-order valence-corrected chi connectivity index (χ0v) is 13.5. The summed E-state index contributed by atoms with van der Waals surface area (Å²) in [6, 6.07) is 4.37. The Bertz CT molecular complexity index is 655. The normalized spacial score (nSPS) is 26.1. The average molecular weight is 349 g/mol. The van der Waals surface area contributed by atoms with Crippen molar-refractivity contribution in [1.29, 1.82) is 0 Å². The molecule has 0 unspecified atom stereocenters. The monoisotopic (exact) mass is 348 g/mol. The van der Waals surface area contributed by atoms with Gasteiger partial charge in [0.25, 0.3) is 0 Å². The van der Waals surface area contributed by atoms with Gasteiger partial charge in [-0.25, -0.2) is 17.5 Å². The van der Waals surface area contributed by atoms with Crippen LogP contribution in [0.4, 0.5) is 4.39 Å². The number of nitrogens with zero attached hydrogens (tertiary/aromatic N) is 1. The number of sulfonamides is 1. The summed E-state index contributed by atoms with van der Waals surface area (Å²) in [4.78, 5) is 1.89. The van der Waals surface area contributed by atoms with E-state index in [-0.39, 0.29) is 17.7 Å². The molecule has 1 N–H and O–H groups in total. The van der Waals surface area contributed by atoms with Crippen LogP contribution in [0.5, 0.6) is 0 Å². The maximum Gasteiger partial charge on any atom is 0.243 e. The molecule has 2 aliphatic rings. The first kappa shape index (κ1) is 16.1. The van der Waals surface area contributed by atoms with Crippen molar-refractivity contribution in [3.8, 4) is 0 Å². The Hall–Kier alpha value is -0.730. The molecule has 0 amide bonds. The molecule has 2 fully saturated rings. The highest BCUT2D eigenvalue weighted by molar-refractivity contribution is 7.89. The Morgan fingerprint density at radius 2 is 2.27 bits per heavy atom. The molecular weight excluding hydrogens is 331 g/mol. The van der Waals surface area contributed by atoms with Gasteiger partial charge in [0.05, 0.1) is 17.7 Å². The summed E-state index contributed by atoms with van der Waals surface area (Å²) < 4.78 is 46.3. The molecule has 2 aliphatic heterocycles. The van der Waals surface area contributed by atoms with Gasteiger partial charge in [0.15, 0.2) is 5.82 Å². The van der Waals surface area contributed by atoms with Gasteiger partial charge in [-0.15, -0.1) is 0 Å². The molecule has 0 aromatic heterocycles. The number of benzene rings is 1. The summed E-state index contributed by atoms with van der Waals surface area (Å²) in [5.74, 6) is -0.930. The number of halogens is 2. The SMILES string of the molecule is O=S(=O)(NC[C@H]1CN2CCC[C@H]2CO1)c1cccc(Cl)c1F. The van der Waals surface area contributed by atoms with Crippen LogP contribution in [-0.4, -0.2) is 51.7 Å². The summed E-state index contributed by atoms with van der Waals surface area (Å²) in [7, 11) is -3.94. The van der Waals surface area contributed by atoms with Crippen molar-refractivity contribution in [3.05, 3.63) is 29.0 Å². The van der Waals surface area contributed by atoms with E-state index in [0.29, 0.717) is 19.2 Å². The van der Waals surface area contributed by atoms with E-state index in [2.05, 4.69) is 9.62 Å². The van der Waals surface area contributed by atoms with E-state index in [4.69, 9.17) is 16.3 Å². The van der Waals surface area contributed by atoms with Crippen LogP contribution in [-0.2, 0) is 14.8 Å². The van der Waals surface area contributed by atoms with Gasteiger partial charge in [-0.2, -0.15) is 0 Å². The van der Waals surface area contributed by atoms with Crippen molar-refractivity contribution >= 4 is 21.6 Å². The highest BCUT2D eigenvalue weighted by atomic mass is 35.5. The van der Waals surface area contributed by atoms with Crippen molar-refractivity contribution in [2.75, 3.05) is 26.2 Å². The second kappa shape index (κ2) is 6.41. The number of morpholine rings is 1. The minimum Gasteiger partial charge on any atom is -0.374 e. The molecule has 0 bridgehead atoms. The Labute approximate surface area is 134 Å². The first-order valence-electron chi connectivity index (χ1n) is 7.27. The summed E-state index contributed by atoms with van der Waals surface area (Å²) in [6.07, 6.45) is 2.07. The van der Waals surface area contributed by atoms with Gasteiger partial charge in [-0.05, 0) is 31.5 Å². The lowest BCUT2D eigenvalue weighted by molar-refractivity contribution is -0.0449. The third kappa shape index (κ3) is 3.28. The van der Waals surface area contributed by atoms with Crippen LogP contribution in [0.15, 0.2) is 23.1 Å². The highest BCUT2D eigenvalue weighted by Crippen LogP contribution is 2.24. The van der Waals surface area contributed by atoms with Crippen LogP contribution in [0, 0.1) is 5.82 Å². The first-order valence-corrected chi connectivity index (χ1v) is 9.13. The fourth-order valence-corrected chi connectivity index (χ4v) is 4.38. The molecule has 0 radical (unpaired) electrons. The third-order valence-corrected chi connectivity index (χ3v) is 5.90. The zero-order chi connectivity index (χ0) is 15.7. The molecule has 2 heterocycles. The Morgan fingerprint density at radius 3 is 3.09 bits per heavy atom. The van der Waals surface area contributed by atoms with Gasteiger partial charge >= 0.3 is 0 Å². The molecule has 2 saturated heterocycles. The van der Waals surface area contributed by atoms with Crippen LogP contribution in [0.3, 0.4) is 0 Å². The molecule has 1 aromatic rings. The number of hydrogen-bond donors (Lipinski definition) is 1. The third-order valence-electron chi connectivity index (χ3n) is 4.17. The lowest BCUT2D eigenvalue weighted by Crippen LogP contribution is -2.50. The number of fused-ring (bicyclic) bond motifs is 1. The quantitative estimate of drug-likeness (QED) is 0.898. The van der Waals surface area contributed by atoms with E-state index in [1.165, 1.54) is 18.2 Å². The average Bonchev–Trinajstić information content (AvgIpc) is 2.95. The van der Waals surface area contributed by atoms with Gasteiger partial charge in [-0.3, -0.25) is 4.90 Å². The van der Waals surface area contributed by atoms with Crippen LogP contribution in [0.2, 0.25) is 5.02 Å². The van der Waals surface area contributed by atoms with Gasteiger partial charge < -0.3 is 4.74 Å². The second-order valence-corrected chi connectivity index (χ2v) is 7.79. The maximum absolute atomic E-state index is 13.8. The first-order chi connectivity index (χ1) is 10.5. The number of nitrogens with one attached hydrogen (secondary N) is 1. The molecule has 122 valence electrons. The van der Waals surface area contributed by atoms with E-state index in [0.717, 1.165) is 19.4 Å². The van der Waals surface area contributed by atoms with Gasteiger partial charge in [0.1, 0.15) is 4.90 Å². The van der Waals surface area contributed by atoms with Crippen LogP contribution < -0.4 is 4.72 Å². The number of hydrogen-bond acceptors (Lipinski definition) is 4. The summed E-state index contributed by atoms with van der Waals surface area (Å²) in [5, 5.41) is -0.211. The van der Waals surface area contributed by atoms with E-state index in [9.17, 15) is 12.8 Å². The topological polar surface area (TPSA) is 58.6 Å². The predicted octanol–water partition coefficient (Wildman–Crippen LogP) is 1.62. The fraction of sp³-hybridized carbons (Fsp3) is 0.571. The summed E-state index contributed by atoms with van der Waals surface area (Å²) in [5.41, 5.74) is 0. The van der Waals surface area contributed by atoms with Gasteiger partial charge in [-0.1, -0.05) is 17.7 Å². The lowest BCUT2D eigenvalue weighted by Gasteiger charge is -2.35. The number of ether oxygens (including phenoxy) is 1. The molecule has 5 nitrogen and oxygen atoms in total. The molecule has 0 saturated carbocycles. The Morgan fingerprint density at radius 1 is 1.45 bits per heavy atom. The van der Waals surface area contributed by atoms with Crippen molar-refractivity contribution in [2.24, 2.45) is 0 Å². The van der Waals surface area contributed by atoms with E-state index in [1.807, 2.05) is 0 Å². The van der Waals surface area contributed by atoms with Crippen LogP contribution in [0.25, 0.3) is 0 Å². The molecule has 8 heteroatoms. The molecule has 1 aromatic carbocycles. The second-order valence-electron chi connectivity index (χ2n) is 5.65. The van der Waals surface area contributed by atoms with Crippen molar-refractivity contribution in [2.45, 2.75) is 29.9 Å². The van der Waals surface area contributed by atoms with E-state index in [1.54, 1.807) is 0 Å². The van der Waals surface area contributed by atoms with Crippen molar-refractivity contribution in [1.82, 2.24) is 9.62 Å². The smallest absolute Gasteiger partial charge is 0.243 e. The van der Waals surface area contributed by atoms with Gasteiger partial charge in [0, 0.05) is 19.1 Å². The predicted molar refractivity (Wildman–Crippen MR) is 80.9 cm³/mol. The minimum absolute atomic E-state index is 0.123. The maximum atomic E-state index is 13.8. The highest BCUT2D eigenvalue weighted by Gasteiger charge is 2.33. The van der Waals surface area contributed by atoms with Gasteiger partial charge in [0.2, 0.25) is 10.0 Å². The van der Waals surface area contributed by atoms with Crippen LogP contribution >= 0.6 is 11.6 Å². The Kier molecular flexibility index (Phi) is 4.70. The Balaban J connectivity index is 1.64. The molecule has 3 rings (SSSR count). The molecule has 2 atom stereocenters.